The number of nitrogens with zero attached hydrogens (tertiary/aromatic N) is 1. The fourth-order valence-corrected chi connectivity index (χ4v) is 20.4. The number of fused-ring (bicyclic) bond motifs is 2. The van der Waals surface area contributed by atoms with E-state index in [0.717, 1.165) is 51.0 Å². The SMILES string of the molecule is CCN(C(=O)OCc1ccc(NC(=O)[C@H](CCCNC(N)=O)NC(=O)[C@@H](NC(=O)[C@H](CCCCN)NC(C)=O)C(C)C)cc1)[C@H]1CO[C@@H](O[C@H]2[C@H](O[C@H]3C#CC=CC#C[C@]4(O)CC(=O)C(NC(=O)OC)=C3/C4=C\CSSC3CCCCC3)O[C@H](C)[C@@H](NO[C@H]3C[C@H](O)[C@H](SC(=O)c4c(C)c(I)c(O[C@@H]5O[C@@H](C)[C@H](O)[C@@H](OC)[C@H]5O)c(OC)c4OC)[C@@H](C)O3)[C@@H]2O)C[C@@H]1OC. The largest absolute Gasteiger partial charge is 0.492 e. The van der Waals surface area contributed by atoms with Gasteiger partial charge >= 0.3 is 18.2 Å². The Labute approximate surface area is 776 Å². The lowest BCUT2D eigenvalue weighted by Crippen LogP contribution is -2.65. The molecular formula is C87H123IN10O28S3. The van der Waals surface area contributed by atoms with Crippen LogP contribution in [0.5, 0.6) is 17.2 Å². The van der Waals surface area contributed by atoms with E-state index < -0.39 is 198 Å². The molecule has 4 aliphatic heterocycles. The molecule has 22 atom stereocenters. The molecule has 4 saturated heterocycles. The minimum atomic E-state index is -2.16. The number of likely N-dealkylation sites (N-methyl/N-ethyl adjacent to an activating group) is 1. The predicted octanol–water partition coefficient (Wildman–Crippen LogP) is 4.95. The van der Waals surface area contributed by atoms with E-state index in [2.05, 4.69) is 61.1 Å². The number of methoxy groups -OCH3 is 5. The lowest BCUT2D eigenvalue weighted by Gasteiger charge is -2.47. The maximum absolute atomic E-state index is 14.7. The number of anilines is 1. The summed E-state index contributed by atoms with van der Waals surface area (Å²) in [7, 11) is 9.83. The van der Waals surface area contributed by atoms with Gasteiger partial charge in [0.25, 0.3) is 0 Å². The van der Waals surface area contributed by atoms with Crippen LogP contribution >= 0.6 is 55.9 Å². The van der Waals surface area contributed by atoms with Crippen molar-refractivity contribution in [1.82, 2.24) is 37.0 Å². The number of nitrogens with one attached hydrogen (secondary N) is 7. The van der Waals surface area contributed by atoms with Gasteiger partial charge in [0.2, 0.25) is 40.8 Å². The van der Waals surface area contributed by atoms with Crippen molar-refractivity contribution < 1.29 is 135 Å². The average Bonchev–Trinajstić information content (AvgIpc) is 0.748. The number of nitrogens with two attached hydrogens (primary N) is 2. The van der Waals surface area contributed by atoms with Crippen LogP contribution in [-0.2, 0) is 82.8 Å². The molecule has 7 aliphatic rings. The van der Waals surface area contributed by atoms with Gasteiger partial charge in [0, 0.05) is 74.9 Å². The third-order valence-electron chi connectivity index (χ3n) is 23.0. The Morgan fingerprint density at radius 3 is 2.12 bits per heavy atom. The number of halogens is 1. The Hall–Kier alpha value is -7.65. The Morgan fingerprint density at radius 2 is 1.47 bits per heavy atom. The van der Waals surface area contributed by atoms with Gasteiger partial charge in [0.05, 0.1) is 97.0 Å². The monoisotopic (exact) mass is 1980 g/mol. The zero-order valence-corrected chi connectivity index (χ0v) is 79.2. The maximum Gasteiger partial charge on any atom is 0.411 e. The molecule has 129 heavy (non-hydrogen) atoms. The van der Waals surface area contributed by atoms with Gasteiger partial charge in [-0.3, -0.25) is 38.9 Å². The van der Waals surface area contributed by atoms with Crippen molar-refractivity contribution in [1.29, 1.82) is 0 Å². The highest BCUT2D eigenvalue weighted by Crippen LogP contribution is 2.50. The quantitative estimate of drug-likeness (QED) is 0.0138. The molecule has 714 valence electrons. The summed E-state index contributed by atoms with van der Waals surface area (Å²) in [6, 6.07) is 0.243. The number of allylic oxidation sites excluding steroid dienone is 3. The number of amides is 8. The molecule has 2 aromatic carbocycles. The number of hydrogen-bond donors (Lipinski definition) is 14. The molecule has 4 heterocycles. The van der Waals surface area contributed by atoms with E-state index in [-0.39, 0.29) is 98.1 Å². The zero-order valence-electron chi connectivity index (χ0n) is 74.6. The molecule has 8 amide bonds. The molecule has 38 nitrogen and oxygen atoms in total. The van der Waals surface area contributed by atoms with E-state index in [1.165, 1.54) is 52.4 Å². The fraction of sp³-hybridized carbons (Fsp3) is 0.644. The first-order chi connectivity index (χ1) is 61.6. The Kier molecular flexibility index (Phi) is 41.1. The summed E-state index contributed by atoms with van der Waals surface area (Å²) in [5, 5.41) is 74.4. The number of ketones is 1. The second-order valence-electron chi connectivity index (χ2n) is 32.4. The van der Waals surface area contributed by atoms with Gasteiger partial charge in [-0.05, 0) is 150 Å². The number of rotatable bonds is 40. The molecular weight excluding hydrogens is 1860 g/mol. The molecule has 3 aliphatic carbocycles. The van der Waals surface area contributed by atoms with Gasteiger partial charge < -0.3 is 130 Å². The highest BCUT2D eigenvalue weighted by molar-refractivity contribution is 14.1. The van der Waals surface area contributed by atoms with Crippen molar-refractivity contribution in [3.8, 4) is 40.9 Å². The Bertz CT molecular complexity index is 4420. The highest BCUT2D eigenvalue weighted by atomic mass is 127. The molecule has 42 heteroatoms. The first-order valence-corrected chi connectivity index (χ1v) is 47.3. The molecule has 0 radical (unpaired) electrons. The second-order valence-corrected chi connectivity index (χ2v) is 37.3. The van der Waals surface area contributed by atoms with Gasteiger partial charge in [-0.2, -0.15) is 5.48 Å². The summed E-state index contributed by atoms with van der Waals surface area (Å²) in [4.78, 5) is 130. The number of hydroxylamine groups is 1. The number of unbranched alkanes of at least 4 members (excludes halogenated alkanes) is 1. The predicted molar refractivity (Wildman–Crippen MR) is 483 cm³/mol. The molecule has 9 rings (SSSR count). The molecule has 0 spiro atoms. The van der Waals surface area contributed by atoms with Crippen molar-refractivity contribution >= 4 is 114 Å². The summed E-state index contributed by atoms with van der Waals surface area (Å²) in [5.74, 6) is 8.41. The van der Waals surface area contributed by atoms with Crippen LogP contribution in [0.2, 0.25) is 0 Å². The number of benzene rings is 2. The number of carbonyl (C=O) groups excluding carboxylic acids is 9. The summed E-state index contributed by atoms with van der Waals surface area (Å²) in [6.45, 7) is 13.0. The van der Waals surface area contributed by atoms with Crippen LogP contribution in [0.4, 0.5) is 20.1 Å². The van der Waals surface area contributed by atoms with Crippen molar-refractivity contribution in [3.05, 3.63) is 79.6 Å². The third-order valence-corrected chi connectivity index (χ3v) is 28.5. The van der Waals surface area contributed by atoms with Crippen LogP contribution in [0.25, 0.3) is 0 Å². The van der Waals surface area contributed by atoms with Gasteiger partial charge in [0.1, 0.15) is 61.4 Å². The number of carbonyl (C=O) groups is 9. The minimum Gasteiger partial charge on any atom is -0.492 e. The van der Waals surface area contributed by atoms with Gasteiger partial charge in [-0.15, -0.1) is 0 Å². The van der Waals surface area contributed by atoms with Crippen molar-refractivity contribution in [2.24, 2.45) is 17.4 Å². The number of urea groups is 1. The van der Waals surface area contributed by atoms with Crippen molar-refractivity contribution in [3.63, 3.8) is 0 Å². The summed E-state index contributed by atoms with van der Waals surface area (Å²) >= 11 is 2.76. The van der Waals surface area contributed by atoms with E-state index in [4.69, 9.17) is 77.9 Å². The van der Waals surface area contributed by atoms with Crippen molar-refractivity contribution in [2.75, 3.05) is 72.9 Å². The lowest BCUT2D eigenvalue weighted by atomic mass is 9.75. The number of Topliss-reactive ketones (excluding diaryl/α,β-unsaturated/α-hetero) is 1. The number of hydrogen-bond acceptors (Lipinski definition) is 33. The molecule has 16 N–H and O–H groups in total. The average molecular weight is 1980 g/mol. The second kappa shape index (κ2) is 50.4. The van der Waals surface area contributed by atoms with Crippen molar-refractivity contribution in [2.45, 2.75) is 284 Å². The number of primary amides is 1. The van der Waals surface area contributed by atoms with Crippen LogP contribution in [0, 0.1) is 40.1 Å². The van der Waals surface area contributed by atoms with E-state index in [1.54, 1.807) is 100 Å². The molecule has 1 saturated carbocycles. The van der Waals surface area contributed by atoms with Crippen LogP contribution in [0.3, 0.4) is 0 Å². The smallest absolute Gasteiger partial charge is 0.411 e. The van der Waals surface area contributed by atoms with Gasteiger partial charge in [-0.1, -0.05) is 108 Å². The number of ether oxygens (including phenoxy) is 13. The van der Waals surface area contributed by atoms with E-state index in [9.17, 15) is 68.7 Å². The third kappa shape index (κ3) is 28.0. The van der Waals surface area contributed by atoms with Crippen LogP contribution in [0.1, 0.15) is 153 Å². The summed E-state index contributed by atoms with van der Waals surface area (Å²) < 4.78 is 79.9. The number of thioether (sulfide) groups is 1. The Morgan fingerprint density at radius 1 is 0.775 bits per heavy atom. The number of aliphatic hydroxyl groups is 5. The summed E-state index contributed by atoms with van der Waals surface area (Å²) in [5.41, 5.74) is 12.7. The van der Waals surface area contributed by atoms with Gasteiger partial charge in [0.15, 0.2) is 41.8 Å². The molecule has 0 aromatic heterocycles. The molecule has 2 bridgehead atoms. The Balaban J connectivity index is 0.923. The topological polar surface area (TPSA) is 523 Å². The summed E-state index contributed by atoms with van der Waals surface area (Å²) in [6.07, 6.45) is -10.2. The van der Waals surface area contributed by atoms with E-state index in [1.807, 2.05) is 22.6 Å². The molecule has 2 aromatic rings. The zero-order chi connectivity index (χ0) is 94.1. The van der Waals surface area contributed by atoms with Crippen LogP contribution in [0.15, 0.2) is 59.3 Å². The normalized spacial score (nSPS) is 28.6. The maximum atomic E-state index is 14.7. The first-order valence-electron chi connectivity index (χ1n) is 43.0. The van der Waals surface area contributed by atoms with E-state index >= 15 is 0 Å². The van der Waals surface area contributed by atoms with Crippen LogP contribution in [-0.4, -0.2) is 289 Å². The molecule has 0 unspecified atom stereocenters. The highest BCUT2D eigenvalue weighted by Gasteiger charge is 2.53. The van der Waals surface area contributed by atoms with E-state index in [0.29, 0.717) is 50.8 Å². The van der Waals surface area contributed by atoms with Crippen LogP contribution < -0.4 is 63.1 Å². The standard InChI is InChI=1S/C87H123IN10O28S3/c1-14-98(86(111)119-42-50-30-32-51(33-31-50)93-78(105)55(28-24-37-91-84(90)109)94-80(107)66(44(2)3)95-79(106)54(92-49(8)99)27-21-23-36-89)56-43-118-61(40-60(56)113-9)124-75-70(103)67(46(5)121-83(75)123-59-29-20-15-16-22-35-87(112)41-58(101)68(96-85(110)117-13)64(59)53(87)34-38-127-129-52-25-18-17-19-26-52)97-126-62-39-57(100)77(48(7)120-62)128-81(108)63-45(4)65(88)73(76(116-12)72(63)114-10)125-82-71(104)74(115-11)69(102)47(6)122-82/h15-16,30-34,44,46-48,52,54-57,59-62,66-67,69-71,74-75,77,82-83,97,100,102-104,112H,14,17-19,21,23-28,36-43,89H2,1-13H3,(H,92,99)(H,93,105)(H,94,107)(H,95,106)(H,96,110)(H3,90,91,109)/b16-15?,53-34+/t46-,47+,48-,54+,55+,56+,57+,59+,60+,61+,62+,66+,67-,69+,70+,71-,74-,75-,77-,82+,83+,87+/m1/s1. The molecule has 5 fully saturated rings. The fourth-order valence-electron chi connectivity index (χ4n) is 16.0. The lowest BCUT2D eigenvalue weighted by molar-refractivity contribution is -0.337. The number of aliphatic hydroxyl groups excluding tert-OH is 4. The minimum absolute atomic E-state index is 0.00635. The number of alkyl carbamates (subject to hydrolysis) is 1. The van der Waals surface area contributed by atoms with Gasteiger partial charge in [-0.25, -0.2) is 14.4 Å². The first kappa shape index (κ1) is 105.